The van der Waals surface area contributed by atoms with E-state index in [1.54, 1.807) is 30.4 Å². The van der Waals surface area contributed by atoms with Gasteiger partial charge in [-0.1, -0.05) is 24.8 Å². The van der Waals surface area contributed by atoms with Crippen LogP contribution < -0.4 is 16.4 Å². The lowest BCUT2D eigenvalue weighted by Crippen LogP contribution is -2.35. The third-order valence-electron chi connectivity index (χ3n) is 7.41. The smallest absolute Gasteiger partial charge is 0.382 e. The van der Waals surface area contributed by atoms with E-state index >= 15 is 0 Å². The van der Waals surface area contributed by atoms with Crippen molar-refractivity contribution in [2.24, 2.45) is 23.5 Å². The van der Waals surface area contributed by atoms with E-state index < -0.39 is 11.7 Å². The number of fused-ring (bicyclic) bond motifs is 3. The zero-order valence-corrected chi connectivity index (χ0v) is 18.9. The van der Waals surface area contributed by atoms with Crippen molar-refractivity contribution in [2.45, 2.75) is 50.4 Å². The van der Waals surface area contributed by atoms with Crippen molar-refractivity contribution >= 4 is 34.0 Å². The molecule has 0 aliphatic heterocycles. The number of carbonyl (C=O) groups is 1. The van der Waals surface area contributed by atoms with Crippen LogP contribution in [0.15, 0.2) is 36.9 Å². The molecule has 1 aromatic carbocycles. The lowest BCUT2D eigenvalue weighted by atomic mass is 9.91. The SMILES string of the molecule is C=C(c1nc(/C=C/CNC(=O)C2CC2)cc2c(NC3CC4CC3CC4N)cccc12)C(F)(F)F. The van der Waals surface area contributed by atoms with E-state index in [-0.39, 0.29) is 29.6 Å². The minimum Gasteiger partial charge on any atom is -0.382 e. The van der Waals surface area contributed by atoms with Crippen LogP contribution in [0.5, 0.6) is 0 Å². The number of halogens is 3. The van der Waals surface area contributed by atoms with E-state index in [0.29, 0.717) is 34.8 Å². The van der Waals surface area contributed by atoms with Crippen LogP contribution in [-0.4, -0.2) is 35.7 Å². The van der Waals surface area contributed by atoms with Gasteiger partial charge in [0.15, 0.2) is 0 Å². The fourth-order valence-corrected chi connectivity index (χ4v) is 5.40. The number of amides is 1. The van der Waals surface area contributed by atoms with Crippen molar-refractivity contribution in [2.75, 3.05) is 11.9 Å². The Kier molecular flexibility index (Phi) is 5.88. The molecule has 3 fully saturated rings. The first-order valence-corrected chi connectivity index (χ1v) is 11.9. The van der Waals surface area contributed by atoms with Crippen LogP contribution in [0.4, 0.5) is 18.9 Å². The molecule has 34 heavy (non-hydrogen) atoms. The van der Waals surface area contributed by atoms with Gasteiger partial charge in [-0.15, -0.1) is 0 Å². The molecule has 3 aliphatic carbocycles. The molecule has 4 unspecified atom stereocenters. The lowest BCUT2D eigenvalue weighted by molar-refractivity contribution is -0.122. The van der Waals surface area contributed by atoms with Crippen molar-refractivity contribution in [3.63, 3.8) is 0 Å². The van der Waals surface area contributed by atoms with Gasteiger partial charge < -0.3 is 16.4 Å². The first-order valence-electron chi connectivity index (χ1n) is 11.9. The van der Waals surface area contributed by atoms with Gasteiger partial charge in [0.1, 0.15) is 0 Å². The summed E-state index contributed by atoms with van der Waals surface area (Å²) in [6, 6.07) is 7.61. The van der Waals surface area contributed by atoms with Crippen molar-refractivity contribution < 1.29 is 18.0 Å². The summed E-state index contributed by atoms with van der Waals surface area (Å²) in [6.07, 6.45) is 3.64. The number of allylic oxidation sites excluding steroid dienone is 1. The van der Waals surface area contributed by atoms with Crippen molar-refractivity contribution in [3.05, 3.63) is 48.3 Å². The van der Waals surface area contributed by atoms with Gasteiger partial charge in [0.2, 0.25) is 5.91 Å². The van der Waals surface area contributed by atoms with Gasteiger partial charge in [-0.2, -0.15) is 13.2 Å². The second kappa shape index (κ2) is 8.73. The van der Waals surface area contributed by atoms with Crippen LogP contribution in [0.25, 0.3) is 22.4 Å². The number of nitrogens with zero attached hydrogens (tertiary/aromatic N) is 1. The number of carbonyl (C=O) groups excluding carboxylic acids is 1. The number of nitrogens with two attached hydrogens (primary N) is 1. The van der Waals surface area contributed by atoms with Gasteiger partial charge in [-0.3, -0.25) is 4.79 Å². The second-order valence-electron chi connectivity index (χ2n) is 9.84. The monoisotopic (exact) mass is 470 g/mol. The Morgan fingerprint density at radius 2 is 1.97 bits per heavy atom. The van der Waals surface area contributed by atoms with E-state index in [4.69, 9.17) is 5.73 Å². The zero-order chi connectivity index (χ0) is 24.0. The minimum absolute atomic E-state index is 0.0133. The van der Waals surface area contributed by atoms with Crippen LogP contribution >= 0.6 is 0 Å². The summed E-state index contributed by atoms with van der Waals surface area (Å²) >= 11 is 0. The summed E-state index contributed by atoms with van der Waals surface area (Å²) in [5.41, 5.74) is 6.22. The number of nitrogens with one attached hydrogen (secondary N) is 2. The molecule has 0 spiro atoms. The lowest BCUT2D eigenvalue weighted by Gasteiger charge is -2.28. The Bertz CT molecular complexity index is 1150. The van der Waals surface area contributed by atoms with Crippen molar-refractivity contribution in [1.82, 2.24) is 10.3 Å². The summed E-state index contributed by atoms with van der Waals surface area (Å²) in [7, 11) is 0. The Labute approximate surface area is 196 Å². The van der Waals surface area contributed by atoms with Gasteiger partial charge in [0, 0.05) is 41.0 Å². The quantitative estimate of drug-likeness (QED) is 0.539. The first kappa shape index (κ1) is 22.9. The number of rotatable bonds is 7. The molecule has 0 saturated heterocycles. The third-order valence-corrected chi connectivity index (χ3v) is 7.41. The summed E-state index contributed by atoms with van der Waals surface area (Å²) in [6.45, 7) is 3.60. The highest BCUT2D eigenvalue weighted by molar-refractivity contribution is 6.00. The second-order valence-corrected chi connectivity index (χ2v) is 9.84. The molecule has 2 bridgehead atoms. The van der Waals surface area contributed by atoms with Crippen LogP contribution in [0, 0.1) is 17.8 Å². The van der Waals surface area contributed by atoms with E-state index in [1.165, 1.54) is 0 Å². The number of pyridine rings is 1. The molecule has 3 saturated carbocycles. The number of hydrogen-bond acceptors (Lipinski definition) is 4. The predicted octanol–water partition coefficient (Wildman–Crippen LogP) is 4.89. The molecule has 1 aromatic heterocycles. The maximum absolute atomic E-state index is 13.6. The number of alkyl halides is 3. The van der Waals surface area contributed by atoms with Gasteiger partial charge in [0.25, 0.3) is 0 Å². The van der Waals surface area contributed by atoms with Crippen LogP contribution in [0.1, 0.15) is 43.5 Å². The Hall–Kier alpha value is -2.87. The highest BCUT2D eigenvalue weighted by Crippen LogP contribution is 2.46. The summed E-state index contributed by atoms with van der Waals surface area (Å²) in [5.74, 6) is 1.10. The zero-order valence-electron chi connectivity index (χ0n) is 18.9. The highest BCUT2D eigenvalue weighted by Gasteiger charge is 2.44. The molecule has 8 heteroatoms. The molecule has 3 aliphatic rings. The molecule has 180 valence electrons. The third kappa shape index (κ3) is 4.56. The standard InChI is InChI=1S/C26H29F3N4O/c1-14(26(27,28)29)24-19-5-2-6-22(33-23-12-16-10-17(23)11-21(16)30)20(19)13-18(32-24)4-3-9-31-25(34)15-7-8-15/h2-6,13,15-17,21,23,33H,1,7-12,30H2,(H,31,34)/b4-3+. The van der Waals surface area contributed by atoms with Crippen molar-refractivity contribution in [3.8, 4) is 0 Å². The van der Waals surface area contributed by atoms with E-state index in [1.807, 2.05) is 6.07 Å². The normalized spacial score (nSPS) is 26.4. The molecule has 1 amide bonds. The number of hydrogen-bond donors (Lipinski definition) is 3. The van der Waals surface area contributed by atoms with Gasteiger partial charge in [0.05, 0.1) is 17.0 Å². The Morgan fingerprint density at radius 1 is 1.18 bits per heavy atom. The molecule has 1 heterocycles. The molecule has 5 nitrogen and oxygen atoms in total. The van der Waals surface area contributed by atoms with Crippen molar-refractivity contribution in [1.29, 1.82) is 0 Å². The number of benzene rings is 1. The van der Waals surface area contributed by atoms with Crippen LogP contribution in [0.2, 0.25) is 0 Å². The van der Waals surface area contributed by atoms with Crippen LogP contribution in [-0.2, 0) is 4.79 Å². The molecule has 2 aromatic rings. The largest absolute Gasteiger partial charge is 0.417 e. The minimum atomic E-state index is -4.59. The highest BCUT2D eigenvalue weighted by atomic mass is 19.4. The first-order chi connectivity index (χ1) is 16.2. The maximum Gasteiger partial charge on any atom is 0.417 e. The molecule has 0 radical (unpaired) electrons. The van der Waals surface area contributed by atoms with Crippen LogP contribution in [0.3, 0.4) is 0 Å². The average molecular weight is 471 g/mol. The summed E-state index contributed by atoms with van der Waals surface area (Å²) in [4.78, 5) is 16.1. The fourth-order valence-electron chi connectivity index (χ4n) is 5.40. The average Bonchev–Trinajstić information content (AvgIpc) is 3.49. The fraction of sp³-hybridized carbons (Fsp3) is 0.462. The summed E-state index contributed by atoms with van der Waals surface area (Å²) in [5, 5.41) is 7.49. The number of anilines is 1. The van der Waals surface area contributed by atoms with E-state index in [0.717, 1.165) is 37.8 Å². The predicted molar refractivity (Wildman–Crippen MR) is 128 cm³/mol. The van der Waals surface area contributed by atoms with Gasteiger partial charge in [-0.05, 0) is 62.1 Å². The molecule has 4 atom stereocenters. The van der Waals surface area contributed by atoms with Gasteiger partial charge >= 0.3 is 6.18 Å². The maximum atomic E-state index is 13.6. The Morgan fingerprint density at radius 3 is 2.62 bits per heavy atom. The molecular weight excluding hydrogens is 441 g/mol. The molecular formula is C26H29F3N4O. The molecule has 4 N–H and O–H groups in total. The summed E-state index contributed by atoms with van der Waals surface area (Å²) < 4.78 is 40.8. The molecule has 5 rings (SSSR count). The van der Waals surface area contributed by atoms with Gasteiger partial charge in [-0.25, -0.2) is 4.98 Å². The van der Waals surface area contributed by atoms with E-state index in [2.05, 4.69) is 22.2 Å². The van der Waals surface area contributed by atoms with E-state index in [9.17, 15) is 18.0 Å². The number of aromatic nitrogens is 1. The topological polar surface area (TPSA) is 80.0 Å². The Balaban J connectivity index is 1.46.